The normalized spacial score (nSPS) is 15.8. The Balaban J connectivity index is 1.55. The molecular formula is C18H22ClN3O3S. The first-order valence-electron chi connectivity index (χ1n) is 8.48. The molecule has 1 aliphatic heterocycles. The van der Waals surface area contributed by atoms with Crippen molar-refractivity contribution in [1.82, 2.24) is 9.71 Å². The molecule has 2 heterocycles. The number of hydrogen-bond donors (Lipinski definition) is 1. The molecule has 1 aromatic heterocycles. The van der Waals surface area contributed by atoms with Gasteiger partial charge in [0, 0.05) is 37.7 Å². The van der Waals surface area contributed by atoms with E-state index in [2.05, 4.69) is 14.6 Å². The molecule has 0 atom stereocenters. The van der Waals surface area contributed by atoms with E-state index in [1.165, 1.54) is 19.2 Å². The Morgan fingerprint density at radius 1 is 1.23 bits per heavy atom. The van der Waals surface area contributed by atoms with Gasteiger partial charge in [0.25, 0.3) is 0 Å². The van der Waals surface area contributed by atoms with Gasteiger partial charge in [-0.3, -0.25) is 4.98 Å². The number of nitrogens with one attached hydrogen (secondary N) is 1. The van der Waals surface area contributed by atoms with Gasteiger partial charge in [0.05, 0.1) is 17.0 Å². The molecule has 1 fully saturated rings. The fourth-order valence-corrected chi connectivity index (χ4v) is 4.54. The molecule has 0 aliphatic carbocycles. The fourth-order valence-electron chi connectivity index (χ4n) is 3.08. The summed E-state index contributed by atoms with van der Waals surface area (Å²) < 4.78 is 32.7. The Morgan fingerprint density at radius 2 is 1.92 bits per heavy atom. The number of anilines is 1. The van der Waals surface area contributed by atoms with Crippen LogP contribution in [0, 0.1) is 5.92 Å². The van der Waals surface area contributed by atoms with E-state index >= 15 is 0 Å². The third-order valence-electron chi connectivity index (χ3n) is 4.64. The number of benzene rings is 1. The minimum Gasteiger partial charge on any atom is -0.495 e. The van der Waals surface area contributed by atoms with Crippen LogP contribution >= 0.6 is 11.6 Å². The highest BCUT2D eigenvalue weighted by Gasteiger charge is 2.22. The zero-order chi connectivity index (χ0) is 18.6. The number of nitrogens with zero attached hydrogens (tertiary/aromatic N) is 2. The molecule has 0 bridgehead atoms. The Labute approximate surface area is 159 Å². The minimum atomic E-state index is -3.58. The third-order valence-corrected chi connectivity index (χ3v) is 6.35. The quantitative estimate of drug-likeness (QED) is 0.814. The lowest BCUT2D eigenvalue weighted by molar-refractivity contribution is 0.402. The van der Waals surface area contributed by atoms with Crippen molar-refractivity contribution in [2.45, 2.75) is 17.7 Å². The Hall–Kier alpha value is -1.83. The summed E-state index contributed by atoms with van der Waals surface area (Å²) in [5.41, 5.74) is 1.16. The second kappa shape index (κ2) is 8.24. The van der Waals surface area contributed by atoms with Gasteiger partial charge in [-0.25, -0.2) is 13.1 Å². The molecule has 1 N–H and O–H groups in total. The summed E-state index contributed by atoms with van der Waals surface area (Å²) in [6, 6.07) is 8.46. The zero-order valence-electron chi connectivity index (χ0n) is 14.6. The maximum Gasteiger partial charge on any atom is 0.240 e. The van der Waals surface area contributed by atoms with Gasteiger partial charge < -0.3 is 9.64 Å². The Kier molecular flexibility index (Phi) is 6.01. The third kappa shape index (κ3) is 4.47. The van der Waals surface area contributed by atoms with Gasteiger partial charge in [0.2, 0.25) is 10.0 Å². The molecule has 6 nitrogen and oxygen atoms in total. The summed E-state index contributed by atoms with van der Waals surface area (Å²) >= 11 is 6.03. The van der Waals surface area contributed by atoms with Crippen LogP contribution in [0.5, 0.6) is 5.75 Å². The monoisotopic (exact) mass is 395 g/mol. The summed E-state index contributed by atoms with van der Waals surface area (Å²) in [4.78, 5) is 6.49. The number of aromatic nitrogens is 1. The molecule has 8 heteroatoms. The van der Waals surface area contributed by atoms with Gasteiger partial charge in [0.1, 0.15) is 5.75 Å². The van der Waals surface area contributed by atoms with Gasteiger partial charge >= 0.3 is 0 Å². The van der Waals surface area contributed by atoms with E-state index in [9.17, 15) is 8.42 Å². The second-order valence-corrected chi connectivity index (χ2v) is 8.46. The Bertz CT molecular complexity index is 838. The van der Waals surface area contributed by atoms with E-state index in [-0.39, 0.29) is 9.92 Å². The van der Waals surface area contributed by atoms with Crippen LogP contribution in [0.1, 0.15) is 12.8 Å². The van der Waals surface area contributed by atoms with Crippen molar-refractivity contribution in [1.29, 1.82) is 0 Å². The van der Waals surface area contributed by atoms with E-state index in [1.807, 2.05) is 12.1 Å². The lowest BCUT2D eigenvalue weighted by Gasteiger charge is -2.33. The molecule has 0 unspecified atom stereocenters. The molecular weight excluding hydrogens is 374 g/mol. The summed E-state index contributed by atoms with van der Waals surface area (Å²) in [5, 5.41) is 0.279. The number of rotatable bonds is 6. The standard InChI is InChI=1S/C18H22ClN3O3S/c1-25-18-3-2-16(12-17(18)19)26(23,24)21-13-14-6-10-22(11-7-14)15-4-8-20-9-5-15/h2-5,8-9,12,14,21H,6-7,10-11,13H2,1H3. The molecule has 140 valence electrons. The molecule has 1 aliphatic rings. The molecule has 1 saturated heterocycles. The van der Waals surface area contributed by atoms with Crippen LogP contribution in [0.4, 0.5) is 5.69 Å². The average Bonchev–Trinajstić information content (AvgIpc) is 2.67. The highest BCUT2D eigenvalue weighted by Crippen LogP contribution is 2.27. The van der Waals surface area contributed by atoms with Gasteiger partial charge in [-0.15, -0.1) is 0 Å². The molecule has 0 amide bonds. The molecule has 0 radical (unpaired) electrons. The average molecular weight is 396 g/mol. The lowest BCUT2D eigenvalue weighted by atomic mass is 9.97. The van der Waals surface area contributed by atoms with Crippen molar-refractivity contribution in [3.63, 3.8) is 0 Å². The molecule has 1 aromatic carbocycles. The first-order chi connectivity index (χ1) is 12.5. The first kappa shape index (κ1) is 18.9. The maximum absolute atomic E-state index is 12.5. The van der Waals surface area contributed by atoms with E-state index in [0.29, 0.717) is 18.2 Å². The highest BCUT2D eigenvalue weighted by atomic mass is 35.5. The van der Waals surface area contributed by atoms with Crippen molar-refractivity contribution >= 4 is 27.3 Å². The maximum atomic E-state index is 12.5. The van der Waals surface area contributed by atoms with E-state index in [1.54, 1.807) is 18.5 Å². The van der Waals surface area contributed by atoms with Crippen LogP contribution in [0.2, 0.25) is 5.02 Å². The summed E-state index contributed by atoms with van der Waals surface area (Å²) in [6.07, 6.45) is 5.45. The van der Waals surface area contributed by atoms with Crippen LogP contribution in [-0.4, -0.2) is 40.1 Å². The first-order valence-corrected chi connectivity index (χ1v) is 10.3. The van der Waals surface area contributed by atoms with E-state index < -0.39 is 10.0 Å². The Morgan fingerprint density at radius 3 is 2.54 bits per heavy atom. The SMILES string of the molecule is COc1ccc(S(=O)(=O)NCC2CCN(c3ccncc3)CC2)cc1Cl. The summed E-state index contributed by atoms with van der Waals surface area (Å²) in [7, 11) is -2.09. The molecule has 3 rings (SSSR count). The van der Waals surface area contributed by atoms with Gasteiger partial charge in [-0.05, 0) is 49.1 Å². The number of sulfonamides is 1. The van der Waals surface area contributed by atoms with Crippen LogP contribution in [0.25, 0.3) is 0 Å². The number of ether oxygens (including phenoxy) is 1. The van der Waals surface area contributed by atoms with Crippen LogP contribution in [0.15, 0.2) is 47.6 Å². The smallest absolute Gasteiger partial charge is 0.240 e. The molecule has 2 aromatic rings. The van der Waals surface area contributed by atoms with E-state index in [0.717, 1.165) is 31.6 Å². The predicted molar refractivity (Wildman–Crippen MR) is 102 cm³/mol. The number of halogens is 1. The second-order valence-electron chi connectivity index (χ2n) is 6.28. The summed E-state index contributed by atoms with van der Waals surface area (Å²) in [5.74, 6) is 0.769. The lowest BCUT2D eigenvalue weighted by Crippen LogP contribution is -2.38. The van der Waals surface area contributed by atoms with Crippen molar-refractivity contribution in [3.05, 3.63) is 47.7 Å². The van der Waals surface area contributed by atoms with Crippen molar-refractivity contribution < 1.29 is 13.2 Å². The van der Waals surface area contributed by atoms with Crippen molar-refractivity contribution in [2.75, 3.05) is 31.6 Å². The molecule has 0 saturated carbocycles. The predicted octanol–water partition coefficient (Wildman–Crippen LogP) is 2.94. The number of piperidine rings is 1. The van der Waals surface area contributed by atoms with Crippen LogP contribution in [0.3, 0.4) is 0 Å². The molecule has 26 heavy (non-hydrogen) atoms. The van der Waals surface area contributed by atoms with Gasteiger partial charge in [-0.1, -0.05) is 11.6 Å². The van der Waals surface area contributed by atoms with E-state index in [4.69, 9.17) is 16.3 Å². The largest absolute Gasteiger partial charge is 0.495 e. The topological polar surface area (TPSA) is 71.5 Å². The summed E-state index contributed by atoms with van der Waals surface area (Å²) in [6.45, 7) is 2.24. The number of hydrogen-bond acceptors (Lipinski definition) is 5. The van der Waals surface area contributed by atoms with Crippen molar-refractivity contribution in [3.8, 4) is 5.75 Å². The van der Waals surface area contributed by atoms with Crippen LogP contribution in [-0.2, 0) is 10.0 Å². The van der Waals surface area contributed by atoms with Gasteiger partial charge in [0.15, 0.2) is 0 Å². The molecule has 0 spiro atoms. The highest BCUT2D eigenvalue weighted by molar-refractivity contribution is 7.89. The zero-order valence-corrected chi connectivity index (χ0v) is 16.1. The number of methoxy groups -OCH3 is 1. The number of pyridine rings is 1. The van der Waals surface area contributed by atoms with Crippen molar-refractivity contribution in [2.24, 2.45) is 5.92 Å². The van der Waals surface area contributed by atoms with Gasteiger partial charge in [-0.2, -0.15) is 0 Å². The fraction of sp³-hybridized carbons (Fsp3) is 0.389. The van der Waals surface area contributed by atoms with Crippen LogP contribution < -0.4 is 14.4 Å². The minimum absolute atomic E-state index is 0.150.